The molecule has 0 aliphatic carbocycles. The molecule has 1 aromatic carbocycles. The topological polar surface area (TPSA) is 62.8 Å². The Morgan fingerprint density at radius 1 is 1.19 bits per heavy atom. The average Bonchev–Trinajstić information content (AvgIpc) is 2.46. The van der Waals surface area contributed by atoms with Crippen molar-refractivity contribution in [1.29, 1.82) is 0 Å². The highest BCUT2D eigenvalue weighted by molar-refractivity contribution is 6.32. The summed E-state index contributed by atoms with van der Waals surface area (Å²) in [7, 11) is 1.58. The monoisotopic (exact) mass is 316 g/mol. The van der Waals surface area contributed by atoms with E-state index < -0.39 is 0 Å². The van der Waals surface area contributed by atoms with Crippen molar-refractivity contribution in [3.8, 4) is 11.5 Å². The molecule has 0 aliphatic heterocycles. The van der Waals surface area contributed by atoms with Crippen LogP contribution in [0.25, 0.3) is 0 Å². The fourth-order valence-electron chi connectivity index (χ4n) is 1.96. The van der Waals surface area contributed by atoms with Gasteiger partial charge in [0.1, 0.15) is 0 Å². The molecule has 0 saturated carbocycles. The van der Waals surface area contributed by atoms with Crippen LogP contribution in [-0.4, -0.2) is 45.1 Å². The zero-order valence-electron chi connectivity index (χ0n) is 12.7. The fraction of sp³-hybridized carbons (Fsp3) is 0.600. The lowest BCUT2D eigenvalue weighted by Crippen LogP contribution is -2.23. The van der Waals surface area contributed by atoms with Crippen LogP contribution in [0.3, 0.4) is 0 Å². The van der Waals surface area contributed by atoms with Crippen LogP contribution < -0.4 is 20.1 Å². The second kappa shape index (κ2) is 10.7. The second-order valence-electron chi connectivity index (χ2n) is 4.55. The molecule has 5 nitrogen and oxygen atoms in total. The minimum Gasteiger partial charge on any atom is -0.491 e. The van der Waals surface area contributed by atoms with Gasteiger partial charge in [0, 0.05) is 13.1 Å². The SMILES string of the molecule is CCOc1cc(CNCCCNCCO)cc(Cl)c1OC. The molecule has 3 N–H and O–H groups in total. The van der Waals surface area contributed by atoms with Crippen molar-refractivity contribution in [3.63, 3.8) is 0 Å². The van der Waals surface area contributed by atoms with Gasteiger partial charge >= 0.3 is 0 Å². The molecule has 0 heterocycles. The fourth-order valence-corrected chi connectivity index (χ4v) is 2.27. The van der Waals surface area contributed by atoms with Gasteiger partial charge in [-0.2, -0.15) is 0 Å². The minimum atomic E-state index is 0.179. The van der Waals surface area contributed by atoms with Crippen molar-refractivity contribution >= 4 is 11.6 Å². The smallest absolute Gasteiger partial charge is 0.179 e. The van der Waals surface area contributed by atoms with E-state index in [4.69, 9.17) is 26.2 Å². The number of benzene rings is 1. The summed E-state index contributed by atoms with van der Waals surface area (Å²) in [4.78, 5) is 0. The summed E-state index contributed by atoms with van der Waals surface area (Å²) in [5, 5.41) is 15.7. The molecule has 1 rings (SSSR count). The standard InChI is InChI=1S/C15H25ClN2O3/c1-3-21-14-10-12(9-13(16)15(14)20-2)11-18-6-4-5-17-7-8-19/h9-10,17-19H,3-8,11H2,1-2H3. The highest BCUT2D eigenvalue weighted by Crippen LogP contribution is 2.36. The zero-order chi connectivity index (χ0) is 15.5. The number of methoxy groups -OCH3 is 1. The first-order chi connectivity index (χ1) is 10.2. The first kappa shape index (κ1) is 18.0. The zero-order valence-corrected chi connectivity index (χ0v) is 13.5. The number of ether oxygens (including phenoxy) is 2. The van der Waals surface area contributed by atoms with Gasteiger partial charge in [0.2, 0.25) is 0 Å². The lowest BCUT2D eigenvalue weighted by molar-refractivity contribution is 0.292. The molecule has 6 heteroatoms. The van der Waals surface area contributed by atoms with Gasteiger partial charge in [-0.15, -0.1) is 0 Å². The summed E-state index contributed by atoms with van der Waals surface area (Å²) in [6.07, 6.45) is 1.00. The van der Waals surface area contributed by atoms with Crippen molar-refractivity contribution in [2.45, 2.75) is 19.9 Å². The molecule has 0 aliphatic rings. The average molecular weight is 317 g/mol. The lowest BCUT2D eigenvalue weighted by atomic mass is 10.2. The molecule has 0 unspecified atom stereocenters. The first-order valence-electron chi connectivity index (χ1n) is 7.24. The Hall–Kier alpha value is -1.01. The third-order valence-electron chi connectivity index (χ3n) is 2.90. The van der Waals surface area contributed by atoms with Gasteiger partial charge in [0.05, 0.1) is 25.3 Å². The Kier molecular flexibility index (Phi) is 9.17. The van der Waals surface area contributed by atoms with Crippen LogP contribution in [0.15, 0.2) is 12.1 Å². The maximum absolute atomic E-state index is 8.64. The Balaban J connectivity index is 2.44. The van der Waals surface area contributed by atoms with Crippen LogP contribution in [0.4, 0.5) is 0 Å². The largest absolute Gasteiger partial charge is 0.491 e. The van der Waals surface area contributed by atoms with Crippen molar-refractivity contribution in [3.05, 3.63) is 22.7 Å². The molecule has 120 valence electrons. The predicted molar refractivity (Wildman–Crippen MR) is 85.5 cm³/mol. The van der Waals surface area contributed by atoms with Crippen LogP contribution in [0.2, 0.25) is 5.02 Å². The van der Waals surface area contributed by atoms with E-state index in [1.54, 1.807) is 7.11 Å². The summed E-state index contributed by atoms with van der Waals surface area (Å²) in [5.74, 6) is 1.25. The molecule has 0 aromatic heterocycles. The summed E-state index contributed by atoms with van der Waals surface area (Å²) in [6, 6.07) is 3.84. The lowest BCUT2D eigenvalue weighted by Gasteiger charge is -2.13. The summed E-state index contributed by atoms with van der Waals surface area (Å²) < 4.78 is 10.8. The highest BCUT2D eigenvalue weighted by Gasteiger charge is 2.11. The van der Waals surface area contributed by atoms with Gasteiger partial charge in [-0.1, -0.05) is 11.6 Å². The Labute approximate surface area is 131 Å². The molecule has 0 saturated heterocycles. The van der Waals surface area contributed by atoms with Gasteiger partial charge in [0.25, 0.3) is 0 Å². The molecule has 0 radical (unpaired) electrons. The van der Waals surface area contributed by atoms with Crippen molar-refractivity contribution in [2.24, 2.45) is 0 Å². The van der Waals surface area contributed by atoms with Gasteiger partial charge in [-0.3, -0.25) is 0 Å². The number of halogens is 1. The highest BCUT2D eigenvalue weighted by atomic mass is 35.5. The third kappa shape index (κ3) is 6.52. The van der Waals surface area contributed by atoms with E-state index in [0.717, 1.165) is 31.6 Å². The maximum atomic E-state index is 8.64. The molecule has 0 fully saturated rings. The summed E-state index contributed by atoms with van der Waals surface area (Å²) in [5.41, 5.74) is 1.06. The normalized spacial score (nSPS) is 10.7. The molecule has 0 atom stereocenters. The minimum absolute atomic E-state index is 0.179. The maximum Gasteiger partial charge on any atom is 0.179 e. The molecule has 0 bridgehead atoms. The molecular formula is C15H25ClN2O3. The summed E-state index contributed by atoms with van der Waals surface area (Å²) in [6.45, 7) is 5.83. The van der Waals surface area contributed by atoms with Crippen LogP contribution in [0, 0.1) is 0 Å². The van der Waals surface area contributed by atoms with E-state index in [1.165, 1.54) is 0 Å². The van der Waals surface area contributed by atoms with Gasteiger partial charge < -0.3 is 25.2 Å². The van der Waals surface area contributed by atoms with Gasteiger partial charge in [0.15, 0.2) is 11.5 Å². The van der Waals surface area contributed by atoms with Crippen molar-refractivity contribution in [2.75, 3.05) is 40.0 Å². The number of aliphatic hydroxyl groups excluding tert-OH is 1. The molecule has 0 spiro atoms. The van der Waals surface area contributed by atoms with Gasteiger partial charge in [-0.05, 0) is 44.1 Å². The van der Waals surface area contributed by atoms with Crippen LogP contribution >= 0.6 is 11.6 Å². The second-order valence-corrected chi connectivity index (χ2v) is 4.95. The summed E-state index contributed by atoms with van der Waals surface area (Å²) >= 11 is 6.20. The van der Waals surface area contributed by atoms with E-state index in [2.05, 4.69) is 10.6 Å². The quantitative estimate of drug-likeness (QED) is 0.544. The van der Waals surface area contributed by atoms with E-state index in [9.17, 15) is 0 Å². The van der Waals surface area contributed by atoms with Crippen molar-refractivity contribution < 1.29 is 14.6 Å². The molecule has 0 amide bonds. The van der Waals surface area contributed by atoms with E-state index >= 15 is 0 Å². The molecule has 21 heavy (non-hydrogen) atoms. The third-order valence-corrected chi connectivity index (χ3v) is 3.18. The van der Waals surface area contributed by atoms with Crippen LogP contribution in [0.1, 0.15) is 18.9 Å². The van der Waals surface area contributed by atoms with E-state index in [-0.39, 0.29) is 6.61 Å². The van der Waals surface area contributed by atoms with E-state index in [0.29, 0.717) is 29.7 Å². The first-order valence-corrected chi connectivity index (χ1v) is 7.62. The molecular weight excluding hydrogens is 292 g/mol. The number of rotatable bonds is 11. The Bertz CT molecular complexity index is 416. The predicted octanol–water partition coefficient (Wildman–Crippen LogP) is 1.81. The molecule has 1 aromatic rings. The van der Waals surface area contributed by atoms with Crippen LogP contribution in [-0.2, 0) is 6.54 Å². The Morgan fingerprint density at radius 3 is 2.62 bits per heavy atom. The van der Waals surface area contributed by atoms with Crippen molar-refractivity contribution in [1.82, 2.24) is 10.6 Å². The number of hydrogen-bond acceptors (Lipinski definition) is 5. The van der Waals surface area contributed by atoms with Crippen LogP contribution in [0.5, 0.6) is 11.5 Å². The number of aliphatic hydroxyl groups is 1. The number of hydrogen-bond donors (Lipinski definition) is 3. The Morgan fingerprint density at radius 2 is 1.95 bits per heavy atom. The number of nitrogens with one attached hydrogen (secondary N) is 2. The van der Waals surface area contributed by atoms with Gasteiger partial charge in [-0.25, -0.2) is 0 Å². The van der Waals surface area contributed by atoms with E-state index in [1.807, 2.05) is 19.1 Å².